The first-order valence-electron chi connectivity index (χ1n) is 22.3. The van der Waals surface area contributed by atoms with Gasteiger partial charge in [-0.05, 0) is 118 Å². The van der Waals surface area contributed by atoms with E-state index in [0.717, 1.165) is 100 Å². The number of methoxy groups -OCH3 is 2. The van der Waals surface area contributed by atoms with Crippen molar-refractivity contribution in [2.45, 2.75) is 0 Å². The summed E-state index contributed by atoms with van der Waals surface area (Å²) < 4.78 is 10.9. The van der Waals surface area contributed by atoms with E-state index < -0.39 is 0 Å². The van der Waals surface area contributed by atoms with E-state index >= 15 is 0 Å². The van der Waals surface area contributed by atoms with Gasteiger partial charge in [-0.2, -0.15) is 10.5 Å². The molecule has 0 unspecified atom stereocenters. The second-order valence-electron chi connectivity index (χ2n) is 16.3. The van der Waals surface area contributed by atoms with Crippen LogP contribution >= 0.6 is 0 Å². The van der Waals surface area contributed by atoms with Gasteiger partial charge in [-0.3, -0.25) is 0 Å². The topological polar surface area (TPSA) is 72.5 Å². The third-order valence-electron chi connectivity index (χ3n) is 12.4. The molecular formula is C62H44N4O2. The summed E-state index contributed by atoms with van der Waals surface area (Å²) in [6.07, 6.45) is 7.98. The van der Waals surface area contributed by atoms with Crippen molar-refractivity contribution in [3.8, 4) is 23.6 Å². The van der Waals surface area contributed by atoms with Crippen molar-refractivity contribution in [3.05, 3.63) is 240 Å². The van der Waals surface area contributed by atoms with Gasteiger partial charge in [-0.1, -0.05) is 146 Å². The monoisotopic (exact) mass is 876 g/mol. The molecule has 0 aliphatic carbocycles. The average Bonchev–Trinajstić information content (AvgIpc) is 3.40. The van der Waals surface area contributed by atoms with Gasteiger partial charge in [0.1, 0.15) is 23.6 Å². The van der Waals surface area contributed by atoms with Crippen LogP contribution in [-0.4, -0.2) is 14.2 Å². The molecule has 10 aromatic rings. The zero-order valence-corrected chi connectivity index (χ0v) is 37.5. The Morgan fingerprint density at radius 2 is 0.706 bits per heavy atom. The highest BCUT2D eigenvalue weighted by atomic mass is 16.5. The molecule has 0 fully saturated rings. The van der Waals surface area contributed by atoms with Gasteiger partial charge in [0, 0.05) is 44.3 Å². The van der Waals surface area contributed by atoms with Crippen LogP contribution in [0.2, 0.25) is 0 Å². The molecule has 6 heteroatoms. The van der Waals surface area contributed by atoms with Crippen LogP contribution in [-0.2, 0) is 0 Å². The lowest BCUT2D eigenvalue weighted by Crippen LogP contribution is -2.10. The molecule has 10 rings (SSSR count). The van der Waals surface area contributed by atoms with Gasteiger partial charge in [0.05, 0.1) is 36.7 Å². The normalized spacial score (nSPS) is 11.2. The Morgan fingerprint density at radius 1 is 0.353 bits per heavy atom. The van der Waals surface area contributed by atoms with Crippen molar-refractivity contribution >= 4 is 90.7 Å². The van der Waals surface area contributed by atoms with Crippen molar-refractivity contribution in [2.24, 2.45) is 0 Å². The van der Waals surface area contributed by atoms with Crippen molar-refractivity contribution in [1.82, 2.24) is 0 Å². The van der Waals surface area contributed by atoms with E-state index in [9.17, 15) is 10.5 Å². The Balaban J connectivity index is 0.913. The van der Waals surface area contributed by atoms with Crippen LogP contribution in [0.25, 0.3) is 56.6 Å². The minimum absolute atomic E-state index is 0.521. The molecule has 0 aromatic heterocycles. The smallest absolute Gasteiger partial charge is 0.119 e. The highest BCUT2D eigenvalue weighted by Gasteiger charge is 2.18. The van der Waals surface area contributed by atoms with Crippen molar-refractivity contribution in [2.75, 3.05) is 24.0 Å². The summed E-state index contributed by atoms with van der Waals surface area (Å²) in [5.41, 5.74) is 10.7. The fourth-order valence-electron chi connectivity index (χ4n) is 8.93. The minimum Gasteiger partial charge on any atom is -0.497 e. The molecule has 10 aromatic carbocycles. The maximum atomic E-state index is 10.5. The summed E-state index contributed by atoms with van der Waals surface area (Å²) in [6, 6.07) is 75.1. The largest absolute Gasteiger partial charge is 0.497 e. The number of hydrogen-bond acceptors (Lipinski definition) is 6. The van der Waals surface area contributed by atoms with Crippen LogP contribution in [0.3, 0.4) is 0 Å². The van der Waals surface area contributed by atoms with Gasteiger partial charge in [0.2, 0.25) is 0 Å². The Labute approximate surface area is 396 Å². The van der Waals surface area contributed by atoms with Crippen LogP contribution in [0.5, 0.6) is 11.5 Å². The molecule has 0 saturated carbocycles. The van der Waals surface area contributed by atoms with Gasteiger partial charge in [0.15, 0.2) is 0 Å². The summed E-state index contributed by atoms with van der Waals surface area (Å²) in [7, 11) is 3.35. The molecule has 0 N–H and O–H groups in total. The van der Waals surface area contributed by atoms with Crippen molar-refractivity contribution in [3.63, 3.8) is 0 Å². The molecular weight excluding hydrogens is 833 g/mol. The third kappa shape index (κ3) is 8.38. The maximum Gasteiger partial charge on any atom is 0.119 e. The molecule has 68 heavy (non-hydrogen) atoms. The van der Waals surface area contributed by atoms with Gasteiger partial charge in [-0.25, -0.2) is 0 Å². The van der Waals surface area contributed by atoms with Crippen LogP contribution in [0.4, 0.5) is 34.1 Å². The van der Waals surface area contributed by atoms with Crippen LogP contribution in [0.1, 0.15) is 33.4 Å². The number of nitriles is 2. The standard InChI is InChI=1S/C62H44N4O2/c1-67-53-35-31-51(32-36-53)65(61-15-7-11-45-9-3-5-13-55(45)61)49-27-19-43(20-28-49)17-23-47-25-39-58-57(59(47)41-63)40-26-48(60(58)42-64)24-18-44-21-29-50(30-22-44)66(52-33-37-54(68-2)38-34-52)62-16-8-12-46-10-4-6-14-56(46)62/h3-40H,1-2H3/b23-17-,24-18+. The van der Waals surface area contributed by atoms with Gasteiger partial charge >= 0.3 is 0 Å². The SMILES string of the molecule is COc1ccc(N(c2ccc(/C=C\c3ccc4c(C#N)c(/C=C/c5ccc(N(c6ccc(OC)cc6)c6cccc7ccccc67)cc5)ccc4c3C#N)cc2)c2cccc3ccccc23)cc1. The van der Waals surface area contributed by atoms with Crippen LogP contribution in [0, 0.1) is 22.7 Å². The van der Waals surface area contributed by atoms with Crippen molar-refractivity contribution in [1.29, 1.82) is 10.5 Å². The molecule has 0 aliphatic rings. The fourth-order valence-corrected chi connectivity index (χ4v) is 8.93. The Hall–Kier alpha value is -9.36. The molecule has 324 valence electrons. The summed E-state index contributed by atoms with van der Waals surface area (Å²) in [5, 5.41) is 27.1. The molecule has 0 amide bonds. The molecule has 0 bridgehead atoms. The first-order chi connectivity index (χ1) is 33.5. The lowest BCUT2D eigenvalue weighted by molar-refractivity contribution is 0.414. The van der Waals surface area contributed by atoms with E-state index in [1.807, 2.05) is 72.8 Å². The number of nitrogens with zero attached hydrogens (tertiary/aromatic N) is 4. The van der Waals surface area contributed by atoms with Crippen LogP contribution < -0.4 is 19.3 Å². The summed E-state index contributed by atoms with van der Waals surface area (Å²) in [4.78, 5) is 4.51. The van der Waals surface area contributed by atoms with E-state index in [2.05, 4.69) is 180 Å². The quantitative estimate of drug-likeness (QED) is 0.114. The molecule has 0 saturated heterocycles. The van der Waals surface area contributed by atoms with E-state index in [1.165, 1.54) is 0 Å². The highest BCUT2D eigenvalue weighted by Crippen LogP contribution is 2.41. The zero-order valence-electron chi connectivity index (χ0n) is 37.5. The average molecular weight is 877 g/mol. The number of benzene rings is 10. The zero-order chi connectivity index (χ0) is 46.4. The Bertz CT molecular complexity index is 3350. The molecule has 0 aliphatic heterocycles. The highest BCUT2D eigenvalue weighted by molar-refractivity contribution is 6.01. The molecule has 0 spiro atoms. The number of hydrogen-bond donors (Lipinski definition) is 0. The Kier molecular flexibility index (Phi) is 11.9. The fraction of sp³-hybridized carbons (Fsp3) is 0.0323. The summed E-state index contributed by atoms with van der Waals surface area (Å²) >= 11 is 0. The third-order valence-corrected chi connectivity index (χ3v) is 12.4. The first-order valence-corrected chi connectivity index (χ1v) is 22.3. The number of anilines is 6. The second-order valence-corrected chi connectivity index (χ2v) is 16.3. The van der Waals surface area contributed by atoms with Crippen molar-refractivity contribution < 1.29 is 9.47 Å². The lowest BCUT2D eigenvalue weighted by atomic mass is 9.93. The predicted octanol–water partition coefficient (Wildman–Crippen LogP) is 16.2. The predicted molar refractivity (Wildman–Crippen MR) is 282 cm³/mol. The maximum absolute atomic E-state index is 10.5. The molecule has 0 radical (unpaired) electrons. The van der Waals surface area contributed by atoms with Crippen LogP contribution in [0.15, 0.2) is 206 Å². The number of ether oxygens (including phenoxy) is 2. The van der Waals surface area contributed by atoms with E-state index in [1.54, 1.807) is 14.2 Å². The Morgan fingerprint density at radius 3 is 1.07 bits per heavy atom. The van der Waals surface area contributed by atoms with E-state index in [-0.39, 0.29) is 0 Å². The molecule has 0 atom stereocenters. The summed E-state index contributed by atoms with van der Waals surface area (Å²) in [6.45, 7) is 0. The number of rotatable bonds is 12. The van der Waals surface area contributed by atoms with Gasteiger partial charge < -0.3 is 19.3 Å². The summed E-state index contributed by atoms with van der Waals surface area (Å²) in [5.74, 6) is 1.59. The molecule has 6 nitrogen and oxygen atoms in total. The lowest BCUT2D eigenvalue weighted by Gasteiger charge is -2.27. The first kappa shape index (κ1) is 42.6. The second kappa shape index (κ2) is 19.0. The van der Waals surface area contributed by atoms with E-state index in [4.69, 9.17) is 9.47 Å². The minimum atomic E-state index is 0.521. The molecule has 0 heterocycles. The van der Waals surface area contributed by atoms with Gasteiger partial charge in [-0.15, -0.1) is 0 Å². The number of fused-ring (bicyclic) bond motifs is 3. The van der Waals surface area contributed by atoms with Gasteiger partial charge in [0.25, 0.3) is 0 Å². The van der Waals surface area contributed by atoms with E-state index in [0.29, 0.717) is 11.1 Å².